The van der Waals surface area contributed by atoms with Crippen molar-refractivity contribution in [2.75, 3.05) is 6.54 Å². The van der Waals surface area contributed by atoms with Crippen molar-refractivity contribution in [3.63, 3.8) is 0 Å². The average Bonchev–Trinajstić information content (AvgIpc) is 2.74. The highest BCUT2D eigenvalue weighted by Crippen LogP contribution is 2.54. The van der Waals surface area contributed by atoms with Crippen LogP contribution in [0.25, 0.3) is 0 Å². The zero-order chi connectivity index (χ0) is 10.2. The van der Waals surface area contributed by atoms with Crippen molar-refractivity contribution in [3.05, 3.63) is 21.9 Å². The molecule has 1 aliphatic rings. The smallest absolute Gasteiger partial charge is 0.0382 e. The Hall–Kier alpha value is -0.340. The normalized spacial score (nSPS) is 20.8. The summed E-state index contributed by atoms with van der Waals surface area (Å²) in [5.74, 6) is 0. The van der Waals surface area contributed by atoms with E-state index in [0.717, 1.165) is 6.54 Å². The first-order valence-corrected chi connectivity index (χ1v) is 6.32. The second-order valence-electron chi connectivity index (χ2n) is 4.64. The van der Waals surface area contributed by atoms with E-state index in [4.69, 9.17) is 0 Å². The van der Waals surface area contributed by atoms with Gasteiger partial charge < -0.3 is 5.32 Å². The fraction of sp³-hybridized carbons (Fsp3) is 0.667. The summed E-state index contributed by atoms with van der Waals surface area (Å²) in [5.41, 5.74) is 2.03. The van der Waals surface area contributed by atoms with E-state index in [9.17, 15) is 0 Å². The highest BCUT2D eigenvalue weighted by Gasteiger charge is 2.45. The standard InChI is InChI=1S/C12H19NS/c1-4-13-11(12(3)5-6-12)10-7-9(2)14-8-10/h7-8,11,13H,4-6H2,1-3H3. The Labute approximate surface area is 90.5 Å². The van der Waals surface area contributed by atoms with Gasteiger partial charge in [0.05, 0.1) is 0 Å². The molecule has 0 aliphatic heterocycles. The third-order valence-electron chi connectivity index (χ3n) is 3.23. The zero-order valence-corrected chi connectivity index (χ0v) is 10.1. The van der Waals surface area contributed by atoms with Gasteiger partial charge in [0, 0.05) is 10.9 Å². The minimum absolute atomic E-state index is 0.531. The molecular weight excluding hydrogens is 190 g/mol. The van der Waals surface area contributed by atoms with Crippen LogP contribution in [0.4, 0.5) is 0 Å². The van der Waals surface area contributed by atoms with Crippen LogP contribution in [0.3, 0.4) is 0 Å². The Morgan fingerprint density at radius 2 is 2.29 bits per heavy atom. The van der Waals surface area contributed by atoms with Gasteiger partial charge in [-0.3, -0.25) is 0 Å². The maximum Gasteiger partial charge on any atom is 0.0382 e. The van der Waals surface area contributed by atoms with Crippen LogP contribution in [0.2, 0.25) is 0 Å². The molecule has 1 unspecified atom stereocenters. The van der Waals surface area contributed by atoms with Crippen molar-refractivity contribution in [2.45, 2.75) is 39.7 Å². The van der Waals surface area contributed by atoms with E-state index in [1.165, 1.54) is 23.3 Å². The van der Waals surface area contributed by atoms with Crippen LogP contribution in [0, 0.1) is 12.3 Å². The summed E-state index contributed by atoms with van der Waals surface area (Å²) >= 11 is 1.86. The third-order valence-corrected chi connectivity index (χ3v) is 4.11. The highest BCUT2D eigenvalue weighted by atomic mass is 32.1. The lowest BCUT2D eigenvalue weighted by molar-refractivity contribution is 0.374. The Morgan fingerprint density at radius 1 is 1.57 bits per heavy atom. The molecule has 14 heavy (non-hydrogen) atoms. The van der Waals surface area contributed by atoms with Crippen molar-refractivity contribution in [2.24, 2.45) is 5.41 Å². The second kappa shape index (κ2) is 3.67. The monoisotopic (exact) mass is 209 g/mol. The molecule has 1 heterocycles. The molecular formula is C12H19NS. The van der Waals surface area contributed by atoms with E-state index in [1.807, 2.05) is 11.3 Å². The van der Waals surface area contributed by atoms with Gasteiger partial charge in [0.15, 0.2) is 0 Å². The first-order valence-electron chi connectivity index (χ1n) is 5.44. The van der Waals surface area contributed by atoms with Gasteiger partial charge in [-0.1, -0.05) is 13.8 Å². The van der Waals surface area contributed by atoms with E-state index in [-0.39, 0.29) is 0 Å². The molecule has 78 valence electrons. The summed E-state index contributed by atoms with van der Waals surface area (Å²) < 4.78 is 0. The highest BCUT2D eigenvalue weighted by molar-refractivity contribution is 7.10. The summed E-state index contributed by atoms with van der Waals surface area (Å²) in [5, 5.41) is 5.93. The van der Waals surface area contributed by atoms with Gasteiger partial charge in [-0.15, -0.1) is 11.3 Å². The fourth-order valence-electron chi connectivity index (χ4n) is 2.07. The van der Waals surface area contributed by atoms with Gasteiger partial charge in [-0.2, -0.15) is 0 Å². The van der Waals surface area contributed by atoms with E-state index in [2.05, 4.69) is 37.5 Å². The Kier molecular flexibility index (Phi) is 2.67. The number of thiophene rings is 1. The fourth-order valence-corrected chi connectivity index (χ4v) is 2.80. The average molecular weight is 209 g/mol. The van der Waals surface area contributed by atoms with Crippen LogP contribution in [0.1, 0.15) is 43.2 Å². The maximum atomic E-state index is 3.62. The van der Waals surface area contributed by atoms with Crippen molar-refractivity contribution < 1.29 is 0 Å². The molecule has 0 radical (unpaired) electrons. The van der Waals surface area contributed by atoms with E-state index in [0.29, 0.717) is 11.5 Å². The number of hydrogen-bond acceptors (Lipinski definition) is 2. The van der Waals surface area contributed by atoms with Crippen molar-refractivity contribution in [1.82, 2.24) is 5.32 Å². The molecule has 0 saturated heterocycles. The zero-order valence-electron chi connectivity index (χ0n) is 9.26. The molecule has 2 heteroatoms. The molecule has 1 nitrogen and oxygen atoms in total. The number of rotatable bonds is 4. The predicted molar refractivity (Wildman–Crippen MR) is 62.8 cm³/mol. The number of aryl methyl sites for hydroxylation is 1. The summed E-state index contributed by atoms with van der Waals surface area (Å²) in [7, 11) is 0. The topological polar surface area (TPSA) is 12.0 Å². The van der Waals surface area contributed by atoms with Crippen molar-refractivity contribution in [3.8, 4) is 0 Å². The number of nitrogens with one attached hydrogen (secondary N) is 1. The molecule has 0 spiro atoms. The van der Waals surface area contributed by atoms with Crippen LogP contribution in [-0.2, 0) is 0 Å². The largest absolute Gasteiger partial charge is 0.310 e. The molecule has 0 amide bonds. The summed E-state index contributed by atoms with van der Waals surface area (Å²) in [4.78, 5) is 1.42. The van der Waals surface area contributed by atoms with Gasteiger partial charge in [0.2, 0.25) is 0 Å². The molecule has 1 aliphatic carbocycles. The second-order valence-corrected chi connectivity index (χ2v) is 5.75. The van der Waals surface area contributed by atoms with Crippen LogP contribution < -0.4 is 5.32 Å². The molecule has 1 aromatic rings. The lowest BCUT2D eigenvalue weighted by Gasteiger charge is -2.23. The van der Waals surface area contributed by atoms with E-state index in [1.54, 1.807) is 0 Å². The lowest BCUT2D eigenvalue weighted by Crippen LogP contribution is -2.27. The SMILES string of the molecule is CCNC(c1csc(C)c1)C1(C)CC1. The molecule has 1 aromatic heterocycles. The van der Waals surface area contributed by atoms with Gasteiger partial charge in [0.25, 0.3) is 0 Å². The van der Waals surface area contributed by atoms with Gasteiger partial charge in [0.1, 0.15) is 0 Å². The summed E-state index contributed by atoms with van der Waals surface area (Å²) in [6.07, 6.45) is 2.75. The van der Waals surface area contributed by atoms with Crippen LogP contribution in [0.15, 0.2) is 11.4 Å². The molecule has 2 rings (SSSR count). The molecule has 0 bridgehead atoms. The minimum Gasteiger partial charge on any atom is -0.310 e. The van der Waals surface area contributed by atoms with Crippen molar-refractivity contribution >= 4 is 11.3 Å². The Morgan fingerprint density at radius 3 is 2.71 bits per heavy atom. The van der Waals surface area contributed by atoms with Crippen LogP contribution >= 0.6 is 11.3 Å². The molecule has 0 aromatic carbocycles. The quantitative estimate of drug-likeness (QED) is 0.800. The summed E-state index contributed by atoms with van der Waals surface area (Å²) in [6, 6.07) is 2.92. The van der Waals surface area contributed by atoms with Crippen molar-refractivity contribution in [1.29, 1.82) is 0 Å². The molecule has 1 fully saturated rings. The number of hydrogen-bond donors (Lipinski definition) is 1. The molecule has 1 N–H and O–H groups in total. The van der Waals surface area contributed by atoms with Gasteiger partial charge >= 0.3 is 0 Å². The Balaban J connectivity index is 2.18. The predicted octanol–water partition coefficient (Wildman–Crippen LogP) is 3.51. The van der Waals surface area contributed by atoms with Gasteiger partial charge in [-0.25, -0.2) is 0 Å². The lowest BCUT2D eigenvalue weighted by atomic mass is 9.93. The third kappa shape index (κ3) is 1.86. The van der Waals surface area contributed by atoms with E-state index >= 15 is 0 Å². The Bertz CT molecular complexity index is 312. The van der Waals surface area contributed by atoms with Gasteiger partial charge in [-0.05, 0) is 48.7 Å². The summed E-state index contributed by atoms with van der Waals surface area (Å²) in [6.45, 7) is 7.84. The maximum absolute atomic E-state index is 3.62. The first kappa shape index (κ1) is 10.2. The first-order chi connectivity index (χ1) is 6.65. The van der Waals surface area contributed by atoms with Crippen LogP contribution in [-0.4, -0.2) is 6.54 Å². The van der Waals surface area contributed by atoms with Crippen LogP contribution in [0.5, 0.6) is 0 Å². The minimum atomic E-state index is 0.531. The molecule has 1 saturated carbocycles. The molecule has 1 atom stereocenters. The van der Waals surface area contributed by atoms with E-state index < -0.39 is 0 Å².